The Bertz CT molecular complexity index is 721. The zero-order valence-corrected chi connectivity index (χ0v) is 13.9. The first-order valence-corrected chi connectivity index (χ1v) is 8.51. The Labute approximate surface area is 146 Å². The molecule has 132 valence electrons. The van der Waals surface area contributed by atoms with Crippen LogP contribution in [0.15, 0.2) is 42.5 Å². The summed E-state index contributed by atoms with van der Waals surface area (Å²) < 4.78 is 28.2. The van der Waals surface area contributed by atoms with Crippen molar-refractivity contribution in [3.8, 4) is 28.7 Å². The first-order valence-electron chi connectivity index (χ1n) is 8.51. The van der Waals surface area contributed by atoms with Crippen molar-refractivity contribution in [3.05, 3.63) is 42.5 Å². The summed E-state index contributed by atoms with van der Waals surface area (Å²) in [6, 6.07) is 13.4. The second-order valence-electron chi connectivity index (χ2n) is 5.89. The topological polar surface area (TPSA) is 58.2 Å². The molecule has 2 aromatic rings. The molecule has 2 aromatic carbocycles. The van der Waals surface area contributed by atoms with Gasteiger partial charge in [-0.15, -0.1) is 0 Å². The molecule has 6 heteroatoms. The van der Waals surface area contributed by atoms with Gasteiger partial charge in [0.15, 0.2) is 23.0 Å². The SMILES string of the molecule is c1ccc2c(c1)OCC(CNCCCOc1cccc3c1OCO3)O2. The van der Waals surface area contributed by atoms with Crippen molar-refractivity contribution < 1.29 is 23.7 Å². The Morgan fingerprint density at radius 3 is 2.80 bits per heavy atom. The van der Waals surface area contributed by atoms with Gasteiger partial charge in [-0.2, -0.15) is 0 Å². The summed E-state index contributed by atoms with van der Waals surface area (Å²) in [7, 11) is 0. The predicted molar refractivity (Wildman–Crippen MR) is 91.9 cm³/mol. The minimum absolute atomic E-state index is 0.0266. The third-order valence-electron chi connectivity index (χ3n) is 4.06. The maximum absolute atomic E-state index is 5.91. The van der Waals surface area contributed by atoms with E-state index in [1.165, 1.54) is 0 Å². The number of nitrogens with one attached hydrogen (secondary N) is 1. The highest BCUT2D eigenvalue weighted by molar-refractivity contribution is 5.52. The molecular weight excluding hydrogens is 322 g/mol. The van der Waals surface area contributed by atoms with Crippen molar-refractivity contribution in [2.45, 2.75) is 12.5 Å². The summed E-state index contributed by atoms with van der Waals surface area (Å²) >= 11 is 0. The third-order valence-corrected chi connectivity index (χ3v) is 4.06. The van der Waals surface area contributed by atoms with Crippen molar-refractivity contribution >= 4 is 0 Å². The Morgan fingerprint density at radius 2 is 1.84 bits per heavy atom. The highest BCUT2D eigenvalue weighted by Gasteiger charge is 2.20. The maximum atomic E-state index is 5.91. The average Bonchev–Trinajstić information content (AvgIpc) is 3.14. The lowest BCUT2D eigenvalue weighted by Crippen LogP contribution is -2.39. The summed E-state index contributed by atoms with van der Waals surface area (Å²) in [5.74, 6) is 3.79. The molecule has 25 heavy (non-hydrogen) atoms. The van der Waals surface area contributed by atoms with Crippen LogP contribution in [0.2, 0.25) is 0 Å². The molecule has 0 bridgehead atoms. The molecule has 0 amide bonds. The van der Waals surface area contributed by atoms with Crippen LogP contribution in [0.3, 0.4) is 0 Å². The molecular formula is C19H21NO5. The van der Waals surface area contributed by atoms with Gasteiger partial charge in [0.25, 0.3) is 0 Å². The fraction of sp³-hybridized carbons (Fsp3) is 0.368. The van der Waals surface area contributed by atoms with Gasteiger partial charge in [0, 0.05) is 6.54 Å². The number of hydrogen-bond acceptors (Lipinski definition) is 6. The largest absolute Gasteiger partial charge is 0.489 e. The Hall–Kier alpha value is -2.60. The van der Waals surface area contributed by atoms with Crippen LogP contribution in [0.4, 0.5) is 0 Å². The summed E-state index contributed by atoms with van der Waals surface area (Å²) in [4.78, 5) is 0. The smallest absolute Gasteiger partial charge is 0.231 e. The molecule has 2 heterocycles. The van der Waals surface area contributed by atoms with Crippen LogP contribution < -0.4 is 29.0 Å². The molecule has 0 fully saturated rings. The van der Waals surface area contributed by atoms with Crippen LogP contribution >= 0.6 is 0 Å². The molecule has 0 aliphatic carbocycles. The Balaban J connectivity index is 1.15. The van der Waals surface area contributed by atoms with Gasteiger partial charge in [0.1, 0.15) is 12.7 Å². The number of hydrogen-bond donors (Lipinski definition) is 1. The number of benzene rings is 2. The van der Waals surface area contributed by atoms with Gasteiger partial charge in [-0.1, -0.05) is 18.2 Å². The molecule has 0 radical (unpaired) electrons. The zero-order valence-electron chi connectivity index (χ0n) is 13.9. The first-order chi connectivity index (χ1) is 12.4. The summed E-state index contributed by atoms with van der Waals surface area (Å²) in [5, 5.41) is 3.38. The van der Waals surface area contributed by atoms with Crippen LogP contribution in [-0.4, -0.2) is 39.2 Å². The molecule has 4 rings (SSSR count). The monoisotopic (exact) mass is 343 g/mol. The fourth-order valence-electron chi connectivity index (χ4n) is 2.82. The van der Waals surface area contributed by atoms with E-state index in [0.717, 1.165) is 42.5 Å². The van der Waals surface area contributed by atoms with Gasteiger partial charge in [0.05, 0.1) is 6.61 Å². The molecule has 1 N–H and O–H groups in total. The van der Waals surface area contributed by atoms with Crippen LogP contribution in [-0.2, 0) is 0 Å². The van der Waals surface area contributed by atoms with E-state index in [0.29, 0.717) is 19.0 Å². The van der Waals surface area contributed by atoms with Crippen LogP contribution in [0.1, 0.15) is 6.42 Å². The van der Waals surface area contributed by atoms with Gasteiger partial charge in [-0.25, -0.2) is 0 Å². The Morgan fingerprint density at radius 1 is 0.960 bits per heavy atom. The van der Waals surface area contributed by atoms with E-state index in [4.69, 9.17) is 23.7 Å². The van der Waals surface area contributed by atoms with Crippen molar-refractivity contribution in [2.75, 3.05) is 33.1 Å². The van der Waals surface area contributed by atoms with Gasteiger partial charge in [0.2, 0.25) is 12.5 Å². The molecule has 2 aliphatic heterocycles. The van der Waals surface area contributed by atoms with Crippen LogP contribution in [0, 0.1) is 0 Å². The van der Waals surface area contributed by atoms with Gasteiger partial charge in [-0.05, 0) is 37.2 Å². The van der Waals surface area contributed by atoms with E-state index in [-0.39, 0.29) is 12.9 Å². The minimum atomic E-state index is 0.0266. The number of ether oxygens (including phenoxy) is 5. The molecule has 0 saturated heterocycles. The molecule has 0 spiro atoms. The van der Waals surface area contributed by atoms with Gasteiger partial charge < -0.3 is 29.0 Å². The third kappa shape index (κ3) is 3.74. The molecule has 1 atom stereocenters. The predicted octanol–water partition coefficient (Wildman–Crippen LogP) is 2.61. The Kier molecular flexibility index (Phi) is 4.79. The van der Waals surface area contributed by atoms with E-state index in [9.17, 15) is 0 Å². The van der Waals surface area contributed by atoms with Crippen molar-refractivity contribution in [1.29, 1.82) is 0 Å². The molecule has 2 aliphatic rings. The molecule has 6 nitrogen and oxygen atoms in total. The summed E-state index contributed by atoms with van der Waals surface area (Å²) in [6.45, 7) is 3.01. The van der Waals surface area contributed by atoms with E-state index < -0.39 is 0 Å². The van der Waals surface area contributed by atoms with Crippen molar-refractivity contribution in [2.24, 2.45) is 0 Å². The average molecular weight is 343 g/mol. The lowest BCUT2D eigenvalue weighted by Gasteiger charge is -2.26. The first kappa shape index (κ1) is 15.9. The second kappa shape index (κ2) is 7.53. The van der Waals surface area contributed by atoms with Crippen LogP contribution in [0.5, 0.6) is 28.7 Å². The molecule has 0 saturated carbocycles. The van der Waals surface area contributed by atoms with E-state index in [2.05, 4.69) is 5.32 Å². The second-order valence-corrected chi connectivity index (χ2v) is 5.89. The lowest BCUT2D eigenvalue weighted by atomic mass is 10.2. The number of fused-ring (bicyclic) bond motifs is 2. The maximum Gasteiger partial charge on any atom is 0.231 e. The normalized spacial score (nSPS) is 17.4. The minimum Gasteiger partial charge on any atom is -0.489 e. The standard InChI is InChI=1S/C19H21NO5/c1-2-6-16-15(5-1)22-12-14(25-16)11-20-9-4-10-21-17-7-3-8-18-19(17)24-13-23-18/h1-3,5-8,14,20H,4,9-13H2. The van der Waals surface area contributed by atoms with Crippen molar-refractivity contribution in [3.63, 3.8) is 0 Å². The van der Waals surface area contributed by atoms with Gasteiger partial charge in [-0.3, -0.25) is 0 Å². The summed E-state index contributed by atoms with van der Waals surface area (Å²) in [5.41, 5.74) is 0. The van der Waals surface area contributed by atoms with E-state index >= 15 is 0 Å². The zero-order chi connectivity index (χ0) is 16.9. The summed E-state index contributed by atoms with van der Waals surface area (Å²) in [6.07, 6.45) is 0.910. The van der Waals surface area contributed by atoms with E-state index in [1.54, 1.807) is 0 Å². The number of rotatable bonds is 7. The fourth-order valence-corrected chi connectivity index (χ4v) is 2.82. The lowest BCUT2D eigenvalue weighted by molar-refractivity contribution is 0.0902. The van der Waals surface area contributed by atoms with E-state index in [1.807, 2.05) is 42.5 Å². The van der Waals surface area contributed by atoms with Crippen molar-refractivity contribution in [1.82, 2.24) is 5.32 Å². The molecule has 1 unspecified atom stereocenters. The highest BCUT2D eigenvalue weighted by atomic mass is 16.7. The van der Waals surface area contributed by atoms with Gasteiger partial charge >= 0.3 is 0 Å². The van der Waals surface area contributed by atoms with Crippen LogP contribution in [0.25, 0.3) is 0 Å². The highest BCUT2D eigenvalue weighted by Crippen LogP contribution is 2.40. The number of para-hydroxylation sites is 3. The molecule has 0 aromatic heterocycles. The quantitative estimate of drug-likeness (QED) is 0.780.